The molecule has 0 saturated heterocycles. The van der Waals surface area contributed by atoms with Crippen molar-refractivity contribution >= 4 is 59.7 Å². The van der Waals surface area contributed by atoms with Crippen molar-refractivity contribution in [2.75, 3.05) is 6.54 Å². The molecule has 0 unspecified atom stereocenters. The first-order valence-electron chi connectivity index (χ1n) is 14.9. The fourth-order valence-corrected chi connectivity index (χ4v) is 7.90. The summed E-state index contributed by atoms with van der Waals surface area (Å²) in [6.07, 6.45) is 1.25. The van der Waals surface area contributed by atoms with E-state index in [0.717, 1.165) is 19.9 Å². The van der Waals surface area contributed by atoms with Gasteiger partial charge in [-0.25, -0.2) is 22.3 Å². The minimum Gasteiger partial charge on any atom is -0.459 e. The molecule has 10 nitrogen and oxygen atoms in total. The monoisotopic (exact) mass is 782 g/mol. The number of benzene rings is 4. The molecule has 254 valence electrons. The highest BCUT2D eigenvalue weighted by molar-refractivity contribution is 9.10. The van der Waals surface area contributed by atoms with Gasteiger partial charge in [0, 0.05) is 22.6 Å². The van der Waals surface area contributed by atoms with E-state index in [-0.39, 0.29) is 35.2 Å². The first-order valence-corrected chi connectivity index (χ1v) is 19.0. The number of carbonyl (C=O) groups excluding carboxylic acids is 1. The highest BCUT2D eigenvalue weighted by Crippen LogP contribution is 2.24. The van der Waals surface area contributed by atoms with E-state index in [0.29, 0.717) is 16.3 Å². The molecule has 49 heavy (non-hydrogen) atoms. The third-order valence-corrected chi connectivity index (χ3v) is 11.7. The van der Waals surface area contributed by atoms with E-state index in [9.17, 15) is 21.6 Å². The SMILES string of the molecule is Cc1ccc(S(=O)(=O)N(Cc2ccc(Cl)cc2)Cc2ccc(/C=N\NC(=O)CN(Cc3ccccc3)S(=O)(=O)c3ccc(Br)cc3)o2)cc1. The highest BCUT2D eigenvalue weighted by atomic mass is 79.9. The van der Waals surface area contributed by atoms with E-state index in [1.165, 1.54) is 22.7 Å². The summed E-state index contributed by atoms with van der Waals surface area (Å²) < 4.78 is 63.3. The van der Waals surface area contributed by atoms with Crippen molar-refractivity contribution in [3.05, 3.63) is 153 Å². The number of hydrazone groups is 1. The van der Waals surface area contributed by atoms with Crippen LogP contribution in [0.3, 0.4) is 0 Å². The lowest BCUT2D eigenvalue weighted by Crippen LogP contribution is -2.39. The molecule has 4 aromatic carbocycles. The third kappa shape index (κ3) is 9.75. The zero-order chi connectivity index (χ0) is 35.0. The molecule has 1 aromatic heterocycles. The van der Waals surface area contributed by atoms with Gasteiger partial charge in [0.15, 0.2) is 0 Å². The zero-order valence-corrected chi connectivity index (χ0v) is 30.2. The summed E-state index contributed by atoms with van der Waals surface area (Å²) in [6, 6.07) is 31.8. The lowest BCUT2D eigenvalue weighted by atomic mass is 10.2. The van der Waals surface area contributed by atoms with E-state index in [2.05, 4.69) is 26.5 Å². The summed E-state index contributed by atoms with van der Waals surface area (Å²) in [5.41, 5.74) is 4.73. The number of hydrogen-bond acceptors (Lipinski definition) is 7. The molecule has 1 N–H and O–H groups in total. The van der Waals surface area contributed by atoms with Gasteiger partial charge in [-0.15, -0.1) is 0 Å². The Morgan fingerprint density at radius 1 is 0.755 bits per heavy atom. The van der Waals surface area contributed by atoms with Gasteiger partial charge in [-0.05, 0) is 78.7 Å². The largest absolute Gasteiger partial charge is 0.459 e. The van der Waals surface area contributed by atoms with Crippen molar-refractivity contribution in [1.82, 2.24) is 14.0 Å². The van der Waals surface area contributed by atoms with Gasteiger partial charge in [0.05, 0.1) is 29.1 Å². The van der Waals surface area contributed by atoms with E-state index >= 15 is 0 Å². The average Bonchev–Trinajstić information content (AvgIpc) is 3.53. The van der Waals surface area contributed by atoms with Gasteiger partial charge in [0.2, 0.25) is 20.0 Å². The Hall–Kier alpha value is -4.11. The van der Waals surface area contributed by atoms with Crippen LogP contribution < -0.4 is 5.43 Å². The van der Waals surface area contributed by atoms with Gasteiger partial charge in [0.1, 0.15) is 11.5 Å². The fourth-order valence-electron chi connectivity index (χ4n) is 4.73. The summed E-state index contributed by atoms with van der Waals surface area (Å²) in [5.74, 6) is -0.0804. The van der Waals surface area contributed by atoms with Gasteiger partial charge in [0.25, 0.3) is 5.91 Å². The molecular weight excluding hydrogens is 752 g/mol. The summed E-state index contributed by atoms with van der Waals surface area (Å²) in [6.45, 7) is 1.33. The van der Waals surface area contributed by atoms with Crippen LogP contribution in [0, 0.1) is 6.92 Å². The van der Waals surface area contributed by atoms with Gasteiger partial charge in [-0.2, -0.15) is 13.7 Å². The molecule has 0 radical (unpaired) electrons. The number of amides is 1. The molecule has 0 aliphatic rings. The minimum atomic E-state index is -4.03. The number of nitrogens with zero attached hydrogens (tertiary/aromatic N) is 3. The van der Waals surface area contributed by atoms with Crippen LogP contribution in [0.25, 0.3) is 0 Å². The number of carbonyl (C=O) groups is 1. The maximum atomic E-state index is 13.7. The fraction of sp³-hybridized carbons (Fsp3) is 0.143. The van der Waals surface area contributed by atoms with Crippen molar-refractivity contribution < 1.29 is 26.0 Å². The lowest BCUT2D eigenvalue weighted by molar-refractivity contribution is -0.121. The maximum Gasteiger partial charge on any atom is 0.255 e. The van der Waals surface area contributed by atoms with Crippen molar-refractivity contribution in [2.45, 2.75) is 36.3 Å². The van der Waals surface area contributed by atoms with Crippen molar-refractivity contribution in [3.8, 4) is 0 Å². The second-order valence-corrected chi connectivity index (χ2v) is 16.3. The number of aryl methyl sites for hydroxylation is 1. The number of halogens is 2. The Labute approximate surface area is 299 Å². The summed E-state index contributed by atoms with van der Waals surface area (Å²) in [7, 11) is -7.95. The zero-order valence-electron chi connectivity index (χ0n) is 26.2. The number of nitrogens with one attached hydrogen (secondary N) is 1. The number of rotatable bonds is 14. The molecule has 0 fully saturated rings. The van der Waals surface area contributed by atoms with Crippen LogP contribution >= 0.6 is 27.5 Å². The molecule has 0 bridgehead atoms. The molecule has 0 atom stereocenters. The Kier molecular flexibility index (Phi) is 11.9. The van der Waals surface area contributed by atoms with Crippen molar-refractivity contribution in [1.29, 1.82) is 0 Å². The van der Waals surface area contributed by atoms with Crippen LogP contribution in [-0.4, -0.2) is 44.1 Å². The number of hydrogen-bond donors (Lipinski definition) is 1. The van der Waals surface area contributed by atoms with E-state index in [1.807, 2.05) is 13.0 Å². The quantitative estimate of drug-likeness (QED) is 0.0982. The summed E-state index contributed by atoms with van der Waals surface area (Å²) in [5, 5.41) is 4.49. The lowest BCUT2D eigenvalue weighted by Gasteiger charge is -2.21. The Morgan fingerprint density at radius 3 is 1.98 bits per heavy atom. The van der Waals surface area contributed by atoms with E-state index in [4.69, 9.17) is 16.0 Å². The molecule has 14 heteroatoms. The van der Waals surface area contributed by atoms with Gasteiger partial charge >= 0.3 is 0 Å². The van der Waals surface area contributed by atoms with Gasteiger partial charge < -0.3 is 4.42 Å². The van der Waals surface area contributed by atoms with Crippen LogP contribution in [0.4, 0.5) is 0 Å². The Balaban J connectivity index is 1.28. The molecular formula is C35H32BrClN4O6S2. The van der Waals surface area contributed by atoms with Crippen molar-refractivity contribution in [2.24, 2.45) is 5.10 Å². The standard InChI is InChI=1S/C35H32BrClN4O6S2/c1-26-7-17-33(18-8-26)48(43,44)40(23-28-9-13-30(37)14-10-28)24-32-16-15-31(47-32)21-38-39-35(42)25-41(22-27-5-3-2-4-6-27)49(45,46)34-19-11-29(36)12-20-34/h2-21H,22-25H2,1H3,(H,39,42)/b38-21-. The predicted octanol–water partition coefficient (Wildman–Crippen LogP) is 6.74. The third-order valence-electron chi connectivity index (χ3n) is 7.30. The average molecular weight is 784 g/mol. The molecule has 0 spiro atoms. The predicted molar refractivity (Wildman–Crippen MR) is 192 cm³/mol. The van der Waals surface area contributed by atoms with Gasteiger partial charge in [-0.1, -0.05) is 87.7 Å². The molecule has 0 saturated carbocycles. The molecule has 0 aliphatic carbocycles. The van der Waals surface area contributed by atoms with Crippen LogP contribution in [0.15, 0.2) is 139 Å². The van der Waals surface area contributed by atoms with Crippen LogP contribution in [0.5, 0.6) is 0 Å². The van der Waals surface area contributed by atoms with Crippen molar-refractivity contribution in [3.63, 3.8) is 0 Å². The first kappa shape index (κ1) is 36.2. The van der Waals surface area contributed by atoms with Gasteiger partial charge in [-0.3, -0.25) is 4.79 Å². The second-order valence-electron chi connectivity index (χ2n) is 11.0. The van der Waals surface area contributed by atoms with E-state index in [1.54, 1.807) is 97.1 Å². The highest BCUT2D eigenvalue weighted by Gasteiger charge is 2.28. The normalized spacial score (nSPS) is 12.2. The van der Waals surface area contributed by atoms with Crippen LogP contribution in [0.1, 0.15) is 28.2 Å². The minimum absolute atomic E-state index is 0.0318. The number of sulfonamides is 2. The number of furan rings is 1. The molecule has 1 amide bonds. The summed E-state index contributed by atoms with van der Waals surface area (Å²) >= 11 is 9.34. The molecule has 5 aromatic rings. The van der Waals surface area contributed by atoms with Crippen LogP contribution in [0.2, 0.25) is 5.02 Å². The Bertz CT molecular complexity index is 2130. The molecule has 1 heterocycles. The van der Waals surface area contributed by atoms with Crippen LogP contribution in [-0.2, 0) is 44.5 Å². The smallest absolute Gasteiger partial charge is 0.255 e. The Morgan fingerprint density at radius 2 is 1.33 bits per heavy atom. The topological polar surface area (TPSA) is 129 Å². The molecule has 0 aliphatic heterocycles. The maximum absolute atomic E-state index is 13.7. The summed E-state index contributed by atoms with van der Waals surface area (Å²) in [4.78, 5) is 13.1. The van der Waals surface area contributed by atoms with E-state index < -0.39 is 32.5 Å². The second kappa shape index (κ2) is 16.1. The molecule has 5 rings (SSSR count). The first-order chi connectivity index (χ1) is 23.4.